The molecule has 0 aliphatic heterocycles. The third kappa shape index (κ3) is 2.00. The van der Waals surface area contributed by atoms with Crippen LogP contribution in [0.1, 0.15) is 5.56 Å². The molecule has 2 N–H and O–H groups in total. The lowest BCUT2D eigenvalue weighted by Gasteiger charge is -2.05. The van der Waals surface area contributed by atoms with Crippen molar-refractivity contribution in [1.29, 1.82) is 5.26 Å². The largest absolute Gasteiger partial charge is 0.282 e. The van der Waals surface area contributed by atoms with Crippen molar-refractivity contribution in [3.8, 4) is 17.3 Å². The number of aromatic amines is 2. The van der Waals surface area contributed by atoms with E-state index < -0.39 is 0 Å². The fourth-order valence-corrected chi connectivity index (χ4v) is 2.74. The minimum atomic E-state index is 0.305. The first-order chi connectivity index (χ1) is 9.61. The molecule has 0 amide bonds. The molecule has 0 atom stereocenters. The zero-order valence-electron chi connectivity index (χ0n) is 9.85. The molecule has 5 nitrogen and oxygen atoms in total. The predicted octanol–water partition coefficient (Wildman–Crippen LogP) is 3.75. The Bertz CT molecular complexity index is 959. The van der Waals surface area contributed by atoms with Crippen LogP contribution in [0, 0.1) is 20.9 Å². The average Bonchev–Trinajstić information content (AvgIpc) is 2.82. The van der Waals surface area contributed by atoms with E-state index in [1.165, 1.54) is 4.40 Å². The average molecular weight is 364 g/mol. The van der Waals surface area contributed by atoms with Gasteiger partial charge in [-0.05, 0) is 36.6 Å². The molecular formula is C12H6BrN5S2. The van der Waals surface area contributed by atoms with Crippen LogP contribution in [0.4, 0.5) is 0 Å². The summed E-state index contributed by atoms with van der Waals surface area (Å²) in [6.45, 7) is 0. The van der Waals surface area contributed by atoms with Crippen LogP contribution in [0.3, 0.4) is 0 Å². The van der Waals surface area contributed by atoms with Crippen molar-refractivity contribution in [2.45, 2.75) is 0 Å². The van der Waals surface area contributed by atoms with E-state index in [0.29, 0.717) is 26.4 Å². The maximum atomic E-state index is 9.42. The summed E-state index contributed by atoms with van der Waals surface area (Å²) in [6.07, 6.45) is 0. The fraction of sp³-hybridized carbons (Fsp3) is 0. The molecule has 0 saturated carbocycles. The van der Waals surface area contributed by atoms with E-state index >= 15 is 0 Å². The van der Waals surface area contributed by atoms with E-state index in [1.807, 2.05) is 24.3 Å². The number of hydrogen-bond acceptors (Lipinski definition) is 4. The number of aromatic nitrogens is 4. The number of H-pyrrole nitrogens is 2. The highest BCUT2D eigenvalue weighted by atomic mass is 79.9. The van der Waals surface area contributed by atoms with Gasteiger partial charge in [0.25, 0.3) is 0 Å². The van der Waals surface area contributed by atoms with Gasteiger partial charge in [0.05, 0.1) is 5.69 Å². The summed E-state index contributed by atoms with van der Waals surface area (Å²) < 4.78 is 3.18. The van der Waals surface area contributed by atoms with Gasteiger partial charge in [0.1, 0.15) is 11.6 Å². The number of nitrogens with zero attached hydrogens (tertiary/aromatic N) is 3. The molecule has 0 aliphatic rings. The van der Waals surface area contributed by atoms with E-state index in [-0.39, 0.29) is 0 Å². The maximum Gasteiger partial charge on any atom is 0.208 e. The van der Waals surface area contributed by atoms with Gasteiger partial charge in [-0.2, -0.15) is 5.26 Å². The molecule has 0 radical (unpaired) electrons. The molecule has 3 aromatic rings. The van der Waals surface area contributed by atoms with Gasteiger partial charge in [-0.3, -0.25) is 10.2 Å². The van der Waals surface area contributed by atoms with Crippen molar-refractivity contribution in [3.63, 3.8) is 0 Å². The topological polar surface area (TPSA) is 72.7 Å². The zero-order chi connectivity index (χ0) is 14.3. The summed E-state index contributed by atoms with van der Waals surface area (Å²) in [7, 11) is 0. The second-order valence-corrected chi connectivity index (χ2v) is 5.64. The van der Waals surface area contributed by atoms with Crippen molar-refractivity contribution in [1.82, 2.24) is 19.6 Å². The quantitative estimate of drug-likeness (QED) is 0.645. The van der Waals surface area contributed by atoms with Crippen LogP contribution < -0.4 is 0 Å². The summed E-state index contributed by atoms with van der Waals surface area (Å²) in [5.74, 6) is 0. The second-order valence-electron chi connectivity index (χ2n) is 3.98. The first kappa shape index (κ1) is 13.2. The Morgan fingerprint density at radius 3 is 2.55 bits per heavy atom. The molecular weight excluding hydrogens is 358 g/mol. The third-order valence-corrected chi connectivity index (χ3v) is 3.90. The number of nitrogens with one attached hydrogen (secondary N) is 2. The Morgan fingerprint density at radius 2 is 1.90 bits per heavy atom. The van der Waals surface area contributed by atoms with E-state index in [0.717, 1.165) is 10.0 Å². The van der Waals surface area contributed by atoms with Gasteiger partial charge in [0.15, 0.2) is 10.4 Å². The fourth-order valence-electron chi connectivity index (χ4n) is 1.92. The normalized spacial score (nSPS) is 10.6. The smallest absolute Gasteiger partial charge is 0.208 e. The van der Waals surface area contributed by atoms with Gasteiger partial charge in [0.2, 0.25) is 4.77 Å². The Labute approximate surface area is 132 Å². The van der Waals surface area contributed by atoms with Crippen LogP contribution in [0.25, 0.3) is 16.9 Å². The monoisotopic (exact) mass is 363 g/mol. The molecule has 0 spiro atoms. The number of hydrogen-bond donors (Lipinski definition) is 2. The van der Waals surface area contributed by atoms with Crippen LogP contribution in [-0.4, -0.2) is 19.6 Å². The van der Waals surface area contributed by atoms with Crippen LogP contribution in [-0.2, 0) is 0 Å². The van der Waals surface area contributed by atoms with E-state index in [1.54, 1.807) is 0 Å². The second kappa shape index (κ2) is 4.94. The SMILES string of the molecule is N#Cc1c(-c2ccc(Br)cc2)nc(=S)n2c(=S)[nH][nH]c12. The summed E-state index contributed by atoms with van der Waals surface area (Å²) in [5, 5.41) is 15.1. The highest BCUT2D eigenvalue weighted by Crippen LogP contribution is 2.25. The number of fused-ring (bicyclic) bond motifs is 1. The summed E-state index contributed by atoms with van der Waals surface area (Å²) in [6, 6.07) is 9.68. The molecule has 0 fully saturated rings. The Balaban J connectivity index is 2.43. The molecule has 0 aliphatic carbocycles. The number of nitriles is 1. The highest BCUT2D eigenvalue weighted by Gasteiger charge is 2.14. The van der Waals surface area contributed by atoms with E-state index in [9.17, 15) is 5.26 Å². The highest BCUT2D eigenvalue weighted by molar-refractivity contribution is 9.10. The van der Waals surface area contributed by atoms with Crippen LogP contribution in [0.2, 0.25) is 0 Å². The van der Waals surface area contributed by atoms with Gasteiger partial charge in [-0.1, -0.05) is 28.1 Å². The lowest BCUT2D eigenvalue weighted by molar-refractivity contribution is 1.02. The molecule has 20 heavy (non-hydrogen) atoms. The molecule has 0 unspecified atom stereocenters. The van der Waals surface area contributed by atoms with Gasteiger partial charge >= 0.3 is 0 Å². The maximum absolute atomic E-state index is 9.42. The molecule has 98 valence electrons. The third-order valence-electron chi connectivity index (χ3n) is 2.82. The lowest BCUT2D eigenvalue weighted by Crippen LogP contribution is -1.99. The van der Waals surface area contributed by atoms with Crippen LogP contribution >= 0.6 is 40.4 Å². The summed E-state index contributed by atoms with van der Waals surface area (Å²) in [4.78, 5) is 4.34. The number of rotatable bonds is 1. The minimum Gasteiger partial charge on any atom is -0.282 e. The first-order valence-electron chi connectivity index (χ1n) is 5.51. The summed E-state index contributed by atoms with van der Waals surface area (Å²) in [5.41, 5.74) is 2.28. The number of benzene rings is 1. The van der Waals surface area contributed by atoms with E-state index in [4.69, 9.17) is 24.4 Å². The Morgan fingerprint density at radius 1 is 1.20 bits per heavy atom. The minimum absolute atomic E-state index is 0.305. The molecule has 2 heterocycles. The zero-order valence-corrected chi connectivity index (χ0v) is 13.1. The summed E-state index contributed by atoms with van der Waals surface area (Å²) >= 11 is 13.7. The first-order valence-corrected chi connectivity index (χ1v) is 7.12. The molecule has 0 bridgehead atoms. The van der Waals surface area contributed by atoms with E-state index in [2.05, 4.69) is 37.2 Å². The lowest BCUT2D eigenvalue weighted by atomic mass is 10.1. The van der Waals surface area contributed by atoms with Crippen molar-refractivity contribution in [2.24, 2.45) is 0 Å². The molecule has 3 rings (SSSR count). The standard InChI is InChI=1S/C12H6BrN5S2/c13-7-3-1-6(2-4-7)9-8(5-14)10-16-17-12(20)18(10)11(19)15-9/h1-4,16H,(H,17,20). The molecule has 8 heteroatoms. The van der Waals surface area contributed by atoms with Crippen LogP contribution in [0.5, 0.6) is 0 Å². The molecule has 0 saturated heterocycles. The predicted molar refractivity (Wildman–Crippen MR) is 83.4 cm³/mol. The molecule has 2 aromatic heterocycles. The van der Waals surface area contributed by atoms with Crippen molar-refractivity contribution in [2.75, 3.05) is 0 Å². The van der Waals surface area contributed by atoms with Crippen molar-refractivity contribution in [3.05, 3.63) is 43.8 Å². The Kier molecular flexibility index (Phi) is 3.25. The van der Waals surface area contributed by atoms with Crippen molar-refractivity contribution >= 4 is 46.0 Å². The van der Waals surface area contributed by atoms with Gasteiger partial charge in [0, 0.05) is 10.0 Å². The Hall–Kier alpha value is -1.82. The van der Waals surface area contributed by atoms with Gasteiger partial charge in [-0.15, -0.1) is 0 Å². The van der Waals surface area contributed by atoms with Gasteiger partial charge < -0.3 is 0 Å². The van der Waals surface area contributed by atoms with Gasteiger partial charge in [-0.25, -0.2) is 9.38 Å². The molecule has 1 aromatic carbocycles. The van der Waals surface area contributed by atoms with Crippen molar-refractivity contribution < 1.29 is 0 Å². The number of halogens is 1. The van der Waals surface area contributed by atoms with Crippen LogP contribution in [0.15, 0.2) is 28.7 Å².